The molecule has 16 heavy (non-hydrogen) atoms. The molecule has 0 saturated heterocycles. The second-order valence-electron chi connectivity index (χ2n) is 3.64. The first kappa shape index (κ1) is 13.3. The molecule has 1 aromatic carbocycles. The normalized spacial score (nSPS) is 13.8. The highest BCUT2D eigenvalue weighted by atomic mass is 35.5. The number of aliphatic hydroxyl groups excluding tert-OH is 1. The zero-order chi connectivity index (χ0) is 12.2. The lowest BCUT2D eigenvalue weighted by Crippen LogP contribution is -2.16. The predicted molar refractivity (Wildman–Crippen MR) is 56.5 cm³/mol. The molecule has 90 valence electrons. The van der Waals surface area contributed by atoms with E-state index in [4.69, 9.17) is 11.6 Å². The summed E-state index contributed by atoms with van der Waals surface area (Å²) in [6.07, 6.45) is -6.25. The first-order valence-electron chi connectivity index (χ1n) is 4.86. The summed E-state index contributed by atoms with van der Waals surface area (Å²) in [6.45, 7) is 0. The highest BCUT2D eigenvalue weighted by molar-refractivity contribution is 6.30. The van der Waals surface area contributed by atoms with Crippen LogP contribution in [0.3, 0.4) is 0 Å². The van der Waals surface area contributed by atoms with Crippen molar-refractivity contribution in [2.45, 2.75) is 31.5 Å². The Morgan fingerprint density at radius 1 is 1.31 bits per heavy atom. The van der Waals surface area contributed by atoms with E-state index in [1.165, 1.54) is 0 Å². The van der Waals surface area contributed by atoms with Gasteiger partial charge in [0.2, 0.25) is 0 Å². The van der Waals surface area contributed by atoms with E-state index in [9.17, 15) is 18.3 Å². The van der Waals surface area contributed by atoms with Crippen molar-refractivity contribution in [2.75, 3.05) is 0 Å². The van der Waals surface area contributed by atoms with Crippen molar-refractivity contribution >= 4 is 11.6 Å². The standard InChI is InChI=1S/C11H12ClF3O/c12-9-3-1-2-8(6-9)7-10(16)4-5-11(13,14)15/h1-3,6,10,16H,4-5,7H2. The van der Waals surface area contributed by atoms with E-state index < -0.39 is 18.7 Å². The van der Waals surface area contributed by atoms with Gasteiger partial charge in [0.1, 0.15) is 0 Å². The van der Waals surface area contributed by atoms with Crippen LogP contribution in [0, 0.1) is 0 Å². The van der Waals surface area contributed by atoms with Gasteiger partial charge in [-0.2, -0.15) is 13.2 Å². The van der Waals surface area contributed by atoms with E-state index in [1.807, 2.05) is 0 Å². The molecule has 0 radical (unpaired) electrons. The van der Waals surface area contributed by atoms with E-state index in [0.29, 0.717) is 5.02 Å². The van der Waals surface area contributed by atoms with Gasteiger partial charge in [-0.3, -0.25) is 0 Å². The first-order valence-corrected chi connectivity index (χ1v) is 5.24. The summed E-state index contributed by atoms with van der Waals surface area (Å²) in [5, 5.41) is 9.93. The van der Waals surface area contributed by atoms with Crippen LogP contribution >= 0.6 is 11.6 Å². The Balaban J connectivity index is 2.43. The van der Waals surface area contributed by atoms with Crippen LogP contribution in [-0.2, 0) is 6.42 Å². The van der Waals surface area contributed by atoms with Gasteiger partial charge >= 0.3 is 6.18 Å². The van der Waals surface area contributed by atoms with E-state index in [2.05, 4.69) is 0 Å². The molecule has 1 aromatic rings. The lowest BCUT2D eigenvalue weighted by molar-refractivity contribution is -0.139. The summed E-state index contributed by atoms with van der Waals surface area (Å²) in [4.78, 5) is 0. The minimum atomic E-state index is -4.21. The Morgan fingerprint density at radius 3 is 2.56 bits per heavy atom. The third-order valence-electron chi connectivity index (χ3n) is 2.12. The largest absolute Gasteiger partial charge is 0.393 e. The van der Waals surface area contributed by atoms with Crippen molar-refractivity contribution in [2.24, 2.45) is 0 Å². The van der Waals surface area contributed by atoms with Crippen molar-refractivity contribution in [1.82, 2.24) is 0 Å². The summed E-state index contributed by atoms with van der Waals surface area (Å²) >= 11 is 5.72. The van der Waals surface area contributed by atoms with Gasteiger partial charge in [0.05, 0.1) is 6.10 Å². The highest BCUT2D eigenvalue weighted by Crippen LogP contribution is 2.23. The zero-order valence-corrected chi connectivity index (χ0v) is 9.22. The smallest absolute Gasteiger partial charge is 0.389 e. The topological polar surface area (TPSA) is 20.2 Å². The van der Waals surface area contributed by atoms with Crippen LogP contribution in [0.2, 0.25) is 5.02 Å². The number of aliphatic hydroxyl groups is 1. The monoisotopic (exact) mass is 252 g/mol. The molecule has 0 aliphatic heterocycles. The van der Waals surface area contributed by atoms with Crippen LogP contribution < -0.4 is 0 Å². The van der Waals surface area contributed by atoms with E-state index >= 15 is 0 Å². The second-order valence-corrected chi connectivity index (χ2v) is 4.08. The van der Waals surface area contributed by atoms with Crippen LogP contribution in [0.15, 0.2) is 24.3 Å². The molecule has 1 N–H and O–H groups in total. The number of benzene rings is 1. The average Bonchev–Trinajstić information content (AvgIpc) is 2.14. The Hall–Kier alpha value is -0.740. The maximum Gasteiger partial charge on any atom is 0.389 e. The third kappa shape index (κ3) is 5.37. The molecule has 0 fully saturated rings. The van der Waals surface area contributed by atoms with Gasteiger partial charge in [0, 0.05) is 11.4 Å². The van der Waals surface area contributed by atoms with E-state index in [0.717, 1.165) is 5.56 Å². The lowest BCUT2D eigenvalue weighted by atomic mass is 10.0. The fourth-order valence-electron chi connectivity index (χ4n) is 1.37. The van der Waals surface area contributed by atoms with Crippen LogP contribution in [0.4, 0.5) is 13.2 Å². The quantitative estimate of drug-likeness (QED) is 0.868. The maximum atomic E-state index is 11.9. The van der Waals surface area contributed by atoms with Crippen LogP contribution in [0.5, 0.6) is 0 Å². The SMILES string of the molecule is OC(CCC(F)(F)F)Cc1cccc(Cl)c1. The maximum absolute atomic E-state index is 11.9. The molecular formula is C11H12ClF3O. The van der Waals surface area contributed by atoms with Crippen molar-refractivity contribution in [3.05, 3.63) is 34.9 Å². The van der Waals surface area contributed by atoms with Crippen LogP contribution in [0.1, 0.15) is 18.4 Å². The fraction of sp³-hybridized carbons (Fsp3) is 0.455. The summed E-state index contributed by atoms with van der Waals surface area (Å²) < 4.78 is 35.7. The van der Waals surface area contributed by atoms with Crippen LogP contribution in [0.25, 0.3) is 0 Å². The average molecular weight is 253 g/mol. The highest BCUT2D eigenvalue weighted by Gasteiger charge is 2.27. The van der Waals surface area contributed by atoms with Gasteiger partial charge in [-0.15, -0.1) is 0 Å². The van der Waals surface area contributed by atoms with Crippen molar-refractivity contribution in [3.63, 3.8) is 0 Å². The van der Waals surface area contributed by atoms with Crippen LogP contribution in [-0.4, -0.2) is 17.4 Å². The molecule has 5 heteroatoms. The van der Waals surface area contributed by atoms with Gasteiger partial charge in [-0.05, 0) is 30.5 Å². The molecule has 1 atom stereocenters. The molecule has 0 aliphatic carbocycles. The fourth-order valence-corrected chi connectivity index (χ4v) is 1.58. The van der Waals surface area contributed by atoms with Gasteiger partial charge in [-0.25, -0.2) is 0 Å². The van der Waals surface area contributed by atoms with Gasteiger partial charge < -0.3 is 5.11 Å². The molecule has 0 spiro atoms. The van der Waals surface area contributed by atoms with Gasteiger partial charge in [0.15, 0.2) is 0 Å². The minimum Gasteiger partial charge on any atom is -0.393 e. The molecular weight excluding hydrogens is 241 g/mol. The Labute approximate surface area is 96.9 Å². The second kappa shape index (κ2) is 5.55. The molecule has 0 heterocycles. The number of alkyl halides is 3. The molecule has 1 rings (SSSR count). The van der Waals surface area contributed by atoms with Gasteiger partial charge in [0.25, 0.3) is 0 Å². The summed E-state index contributed by atoms with van der Waals surface area (Å²) in [6, 6.07) is 6.74. The third-order valence-corrected chi connectivity index (χ3v) is 2.36. The molecule has 0 aromatic heterocycles. The van der Waals surface area contributed by atoms with E-state index in [-0.39, 0.29) is 12.8 Å². The Bertz CT molecular complexity index is 338. The Morgan fingerprint density at radius 2 is 2.00 bits per heavy atom. The summed E-state index contributed by atoms with van der Waals surface area (Å²) in [5.41, 5.74) is 0.738. The molecule has 0 saturated carbocycles. The zero-order valence-electron chi connectivity index (χ0n) is 8.47. The lowest BCUT2D eigenvalue weighted by Gasteiger charge is -2.12. The van der Waals surface area contributed by atoms with Crippen molar-refractivity contribution in [1.29, 1.82) is 0 Å². The Kier molecular flexibility index (Phi) is 4.62. The summed E-state index contributed by atoms with van der Waals surface area (Å²) in [7, 11) is 0. The number of hydrogen-bond donors (Lipinski definition) is 1. The van der Waals surface area contributed by atoms with Crippen molar-refractivity contribution in [3.8, 4) is 0 Å². The summed E-state index contributed by atoms with van der Waals surface area (Å²) in [5.74, 6) is 0. The molecule has 0 amide bonds. The van der Waals surface area contributed by atoms with E-state index in [1.54, 1.807) is 24.3 Å². The molecule has 1 nitrogen and oxygen atoms in total. The van der Waals surface area contributed by atoms with Crippen molar-refractivity contribution < 1.29 is 18.3 Å². The molecule has 0 bridgehead atoms. The number of halogens is 4. The number of rotatable bonds is 4. The minimum absolute atomic E-state index is 0.191. The van der Waals surface area contributed by atoms with Gasteiger partial charge in [-0.1, -0.05) is 23.7 Å². The molecule has 0 aliphatic rings. The first-order chi connectivity index (χ1) is 7.37. The predicted octanol–water partition coefficient (Wildman–Crippen LogP) is 3.59. The molecule has 1 unspecified atom stereocenters. The number of hydrogen-bond acceptors (Lipinski definition) is 1.